The molecule has 0 spiro atoms. The minimum absolute atomic E-state index is 0.0982. The first-order valence-corrected chi connectivity index (χ1v) is 3.82. The van der Waals surface area contributed by atoms with Crippen LogP contribution in [0.5, 0.6) is 0 Å². The van der Waals surface area contributed by atoms with Crippen LogP contribution in [0.2, 0.25) is 0 Å². The zero-order chi connectivity index (χ0) is 8.48. The van der Waals surface area contributed by atoms with Gasteiger partial charge in [-0.1, -0.05) is 20.8 Å². The van der Waals surface area contributed by atoms with Crippen LogP contribution in [-0.4, -0.2) is 9.67 Å². The van der Waals surface area contributed by atoms with Gasteiger partial charge in [-0.15, -0.1) is 0 Å². The van der Waals surface area contributed by atoms with E-state index in [4.69, 9.17) is 0 Å². The molecule has 1 atom stereocenters. The van der Waals surface area contributed by atoms with Crippen LogP contribution in [-0.2, 0) is 0 Å². The van der Waals surface area contributed by atoms with Gasteiger partial charge in [0.1, 0.15) is 6.23 Å². The Kier molecular flexibility index (Phi) is 2.05. The molecule has 0 fully saturated rings. The van der Waals surface area contributed by atoms with Gasteiger partial charge in [0, 0.05) is 17.8 Å². The first kappa shape index (κ1) is 8.34. The van der Waals surface area contributed by atoms with E-state index in [0.717, 1.165) is 0 Å². The molecule has 1 rings (SSSR count). The Labute approximate surface area is 67.5 Å². The third kappa shape index (κ3) is 1.84. The summed E-state index contributed by atoms with van der Waals surface area (Å²) in [5.74, 6) is 0. The van der Waals surface area contributed by atoms with E-state index in [0.29, 0.717) is 0 Å². The summed E-state index contributed by atoms with van der Waals surface area (Å²) in [6.45, 7) is 6.03. The number of aromatic nitrogens is 1. The highest BCUT2D eigenvalue weighted by molar-refractivity contribution is 4.93. The van der Waals surface area contributed by atoms with Gasteiger partial charge >= 0.3 is 0 Å². The topological polar surface area (TPSA) is 25.2 Å². The molecular weight excluding hydrogens is 138 g/mol. The summed E-state index contributed by atoms with van der Waals surface area (Å²) in [6, 6.07) is 3.82. The Balaban J connectivity index is 2.78. The minimum atomic E-state index is -0.433. The molecule has 0 bridgehead atoms. The lowest BCUT2D eigenvalue weighted by molar-refractivity contribution is 0.000242. The second kappa shape index (κ2) is 2.70. The van der Waals surface area contributed by atoms with Crippen molar-refractivity contribution in [1.29, 1.82) is 0 Å². The van der Waals surface area contributed by atoms with Gasteiger partial charge in [-0.2, -0.15) is 0 Å². The fourth-order valence-corrected chi connectivity index (χ4v) is 0.958. The van der Waals surface area contributed by atoms with Crippen LogP contribution in [0.15, 0.2) is 24.5 Å². The molecule has 0 saturated heterocycles. The molecule has 0 aliphatic carbocycles. The summed E-state index contributed by atoms with van der Waals surface area (Å²) < 4.78 is 1.81. The maximum absolute atomic E-state index is 9.71. The molecule has 0 amide bonds. The molecule has 1 N–H and O–H groups in total. The second-order valence-corrected chi connectivity index (χ2v) is 3.87. The number of aliphatic hydroxyl groups excluding tert-OH is 1. The molecule has 0 aromatic carbocycles. The summed E-state index contributed by atoms with van der Waals surface area (Å²) in [5.41, 5.74) is -0.0982. The maximum Gasteiger partial charge on any atom is 0.135 e. The zero-order valence-corrected chi connectivity index (χ0v) is 7.28. The van der Waals surface area contributed by atoms with Gasteiger partial charge < -0.3 is 9.67 Å². The Hall–Kier alpha value is -0.760. The van der Waals surface area contributed by atoms with E-state index in [1.54, 1.807) is 4.57 Å². The van der Waals surface area contributed by atoms with Gasteiger partial charge in [0.15, 0.2) is 0 Å². The molecule has 0 radical (unpaired) electrons. The minimum Gasteiger partial charge on any atom is -0.373 e. The first-order valence-electron chi connectivity index (χ1n) is 3.82. The summed E-state index contributed by atoms with van der Waals surface area (Å²) in [6.07, 6.45) is 3.31. The summed E-state index contributed by atoms with van der Waals surface area (Å²) in [4.78, 5) is 0. The molecule has 2 heteroatoms. The van der Waals surface area contributed by atoms with Gasteiger partial charge in [0.05, 0.1) is 0 Å². The number of hydrogen-bond acceptors (Lipinski definition) is 1. The van der Waals surface area contributed by atoms with Crippen LogP contribution in [0.4, 0.5) is 0 Å². The molecule has 0 saturated carbocycles. The van der Waals surface area contributed by atoms with Crippen molar-refractivity contribution >= 4 is 0 Å². The van der Waals surface area contributed by atoms with Crippen LogP contribution < -0.4 is 0 Å². The van der Waals surface area contributed by atoms with Crippen molar-refractivity contribution in [2.45, 2.75) is 27.0 Å². The van der Waals surface area contributed by atoms with Gasteiger partial charge in [0.25, 0.3) is 0 Å². The fraction of sp³-hybridized carbons (Fsp3) is 0.556. The van der Waals surface area contributed by atoms with Crippen LogP contribution >= 0.6 is 0 Å². The maximum atomic E-state index is 9.71. The highest BCUT2D eigenvalue weighted by Crippen LogP contribution is 2.27. The van der Waals surface area contributed by atoms with E-state index >= 15 is 0 Å². The van der Waals surface area contributed by atoms with E-state index < -0.39 is 6.23 Å². The monoisotopic (exact) mass is 153 g/mol. The number of rotatable bonds is 1. The Bertz CT molecular complexity index is 208. The predicted molar refractivity (Wildman–Crippen MR) is 45.1 cm³/mol. The zero-order valence-electron chi connectivity index (χ0n) is 7.28. The standard InChI is InChI=1S/C9H15NO/c1-9(2,3)8(11)10-6-4-5-7-10/h4-8,11H,1-3H3/t8-/m1/s1. The molecule has 0 unspecified atom stereocenters. The summed E-state index contributed by atoms with van der Waals surface area (Å²) in [7, 11) is 0. The van der Waals surface area contributed by atoms with Crippen molar-refractivity contribution in [3.8, 4) is 0 Å². The van der Waals surface area contributed by atoms with E-state index in [2.05, 4.69) is 0 Å². The molecule has 11 heavy (non-hydrogen) atoms. The Morgan fingerprint density at radius 3 is 2.00 bits per heavy atom. The first-order chi connectivity index (χ1) is 5.02. The lowest BCUT2D eigenvalue weighted by atomic mass is 9.94. The number of aliphatic hydroxyl groups is 1. The van der Waals surface area contributed by atoms with Crippen LogP contribution in [0, 0.1) is 5.41 Å². The van der Waals surface area contributed by atoms with Crippen molar-refractivity contribution in [2.75, 3.05) is 0 Å². The van der Waals surface area contributed by atoms with Crippen molar-refractivity contribution in [1.82, 2.24) is 4.57 Å². The fourth-order valence-electron chi connectivity index (χ4n) is 0.958. The van der Waals surface area contributed by atoms with Crippen LogP contribution in [0.3, 0.4) is 0 Å². The van der Waals surface area contributed by atoms with Gasteiger partial charge in [-0.05, 0) is 12.1 Å². The smallest absolute Gasteiger partial charge is 0.135 e. The lowest BCUT2D eigenvalue weighted by Gasteiger charge is -2.26. The Morgan fingerprint density at radius 2 is 1.64 bits per heavy atom. The normalized spacial score (nSPS) is 14.9. The number of hydrogen-bond donors (Lipinski definition) is 1. The van der Waals surface area contributed by atoms with Crippen molar-refractivity contribution in [2.24, 2.45) is 5.41 Å². The third-order valence-electron chi connectivity index (χ3n) is 1.68. The summed E-state index contributed by atoms with van der Waals surface area (Å²) >= 11 is 0. The lowest BCUT2D eigenvalue weighted by Crippen LogP contribution is -2.22. The van der Waals surface area contributed by atoms with Gasteiger partial charge in [-0.25, -0.2) is 0 Å². The molecule has 2 nitrogen and oxygen atoms in total. The van der Waals surface area contributed by atoms with E-state index in [9.17, 15) is 5.11 Å². The Morgan fingerprint density at radius 1 is 1.18 bits per heavy atom. The third-order valence-corrected chi connectivity index (χ3v) is 1.68. The van der Waals surface area contributed by atoms with Gasteiger partial charge in [-0.3, -0.25) is 0 Å². The molecule has 62 valence electrons. The predicted octanol–water partition coefficient (Wildman–Crippen LogP) is 2.03. The SMILES string of the molecule is CC(C)(C)[C@@H](O)n1cccc1. The number of nitrogens with zero attached hydrogens (tertiary/aromatic N) is 1. The highest BCUT2D eigenvalue weighted by atomic mass is 16.3. The van der Waals surface area contributed by atoms with E-state index in [1.807, 2.05) is 45.3 Å². The van der Waals surface area contributed by atoms with E-state index in [-0.39, 0.29) is 5.41 Å². The average molecular weight is 153 g/mol. The quantitative estimate of drug-likeness (QED) is 0.656. The molecule has 0 aliphatic rings. The average Bonchev–Trinajstić information content (AvgIpc) is 2.34. The van der Waals surface area contributed by atoms with Crippen molar-refractivity contribution in [3.05, 3.63) is 24.5 Å². The molecule has 1 aromatic rings. The van der Waals surface area contributed by atoms with Gasteiger partial charge in [0.2, 0.25) is 0 Å². The second-order valence-electron chi connectivity index (χ2n) is 3.87. The largest absolute Gasteiger partial charge is 0.373 e. The molecular formula is C9H15NO. The van der Waals surface area contributed by atoms with Crippen LogP contribution in [0.1, 0.15) is 27.0 Å². The van der Waals surface area contributed by atoms with E-state index in [1.165, 1.54) is 0 Å². The highest BCUT2D eigenvalue weighted by Gasteiger charge is 2.22. The van der Waals surface area contributed by atoms with Crippen LogP contribution in [0.25, 0.3) is 0 Å². The molecule has 1 heterocycles. The van der Waals surface area contributed by atoms with Crippen molar-refractivity contribution in [3.63, 3.8) is 0 Å². The summed E-state index contributed by atoms with van der Waals surface area (Å²) in [5, 5.41) is 9.71. The molecule has 1 aromatic heterocycles. The molecule has 0 aliphatic heterocycles. The van der Waals surface area contributed by atoms with Crippen molar-refractivity contribution < 1.29 is 5.11 Å².